The summed E-state index contributed by atoms with van der Waals surface area (Å²) in [6.45, 7) is 0.797. The maximum Gasteiger partial charge on any atom is 0.166 e. The molecular formula is C19H21N3O2. The van der Waals surface area contributed by atoms with Gasteiger partial charge in [0.1, 0.15) is 12.4 Å². The summed E-state index contributed by atoms with van der Waals surface area (Å²) in [6, 6.07) is 17.1. The molecule has 2 aromatic rings. The fourth-order valence-electron chi connectivity index (χ4n) is 2.24. The fraction of sp³-hybridized carbons (Fsp3) is 0.158. The van der Waals surface area contributed by atoms with E-state index in [1.165, 1.54) is 0 Å². The van der Waals surface area contributed by atoms with Crippen LogP contribution < -0.4 is 15.8 Å². The number of aldehydes is 1. The Bertz CT molecular complexity index is 739. The van der Waals surface area contributed by atoms with Gasteiger partial charge in [0.05, 0.1) is 11.4 Å². The quantitative estimate of drug-likeness (QED) is 0.395. The molecule has 4 N–H and O–H groups in total. The predicted molar refractivity (Wildman–Crippen MR) is 95.2 cm³/mol. The normalized spacial score (nSPS) is 11.5. The van der Waals surface area contributed by atoms with E-state index < -0.39 is 0 Å². The molecule has 2 aromatic carbocycles. The molecule has 0 unspecified atom stereocenters. The van der Waals surface area contributed by atoms with Crippen LogP contribution in [-0.2, 0) is 11.4 Å². The second kappa shape index (κ2) is 8.64. The number of benzene rings is 2. The molecule has 0 amide bonds. The van der Waals surface area contributed by atoms with Crippen LogP contribution in [0.5, 0.6) is 5.75 Å². The molecule has 0 fully saturated rings. The standard InChI is InChI=1S/C19H21N3O2/c1-22-11-17(18(20)12-23)19(21)15-8-5-9-16(10-15)24-13-14-6-3-2-4-7-14/h2-10,12,21-22H,11,13,20H2,1H3/b18-17-,21-19?. The highest BCUT2D eigenvalue weighted by molar-refractivity contribution is 6.13. The Morgan fingerprint density at radius 1 is 1.21 bits per heavy atom. The number of nitrogens with two attached hydrogens (primary N) is 1. The Labute approximate surface area is 141 Å². The summed E-state index contributed by atoms with van der Waals surface area (Å²) in [5.41, 5.74) is 8.16. The summed E-state index contributed by atoms with van der Waals surface area (Å²) in [5, 5.41) is 11.3. The molecule has 5 heteroatoms. The molecular weight excluding hydrogens is 302 g/mol. The first-order valence-electron chi connectivity index (χ1n) is 7.60. The van der Waals surface area contributed by atoms with Crippen LogP contribution in [0, 0.1) is 5.41 Å². The third-order valence-electron chi connectivity index (χ3n) is 3.50. The minimum absolute atomic E-state index is 0.0601. The van der Waals surface area contributed by atoms with E-state index >= 15 is 0 Å². The molecule has 24 heavy (non-hydrogen) atoms. The largest absolute Gasteiger partial charge is 0.489 e. The molecule has 0 radical (unpaired) electrons. The number of nitrogens with one attached hydrogen (secondary N) is 2. The molecule has 0 saturated heterocycles. The number of rotatable bonds is 8. The Morgan fingerprint density at radius 2 is 1.96 bits per heavy atom. The molecule has 124 valence electrons. The monoisotopic (exact) mass is 323 g/mol. The minimum Gasteiger partial charge on any atom is -0.489 e. The van der Waals surface area contributed by atoms with Crippen molar-refractivity contribution in [1.82, 2.24) is 5.32 Å². The van der Waals surface area contributed by atoms with Crippen LogP contribution in [0.1, 0.15) is 11.1 Å². The molecule has 0 aliphatic rings. The maximum atomic E-state index is 11.0. The maximum absolute atomic E-state index is 11.0. The molecule has 0 bridgehead atoms. The SMILES string of the molecule is CNC/C(C(=N)c1cccc(OCc2ccccc2)c1)=C(/N)C=O. The van der Waals surface area contributed by atoms with Gasteiger partial charge in [-0.25, -0.2) is 0 Å². The zero-order chi connectivity index (χ0) is 17.4. The smallest absolute Gasteiger partial charge is 0.166 e. The van der Waals surface area contributed by atoms with E-state index in [1.54, 1.807) is 19.2 Å². The number of carbonyl (C=O) groups is 1. The van der Waals surface area contributed by atoms with Crippen LogP contribution in [0.25, 0.3) is 0 Å². The zero-order valence-corrected chi connectivity index (χ0v) is 13.6. The summed E-state index contributed by atoms with van der Waals surface area (Å²) >= 11 is 0. The highest BCUT2D eigenvalue weighted by Gasteiger charge is 2.12. The van der Waals surface area contributed by atoms with Crippen LogP contribution in [0.3, 0.4) is 0 Å². The van der Waals surface area contributed by atoms with Crippen molar-refractivity contribution in [3.8, 4) is 5.75 Å². The summed E-state index contributed by atoms with van der Waals surface area (Å²) in [6.07, 6.45) is 0.566. The number of ether oxygens (including phenoxy) is 1. The van der Waals surface area contributed by atoms with Crippen molar-refractivity contribution in [3.05, 3.63) is 77.0 Å². The lowest BCUT2D eigenvalue weighted by Crippen LogP contribution is -2.22. The number of likely N-dealkylation sites (N-methyl/N-ethyl adjacent to an activating group) is 1. The summed E-state index contributed by atoms with van der Waals surface area (Å²) < 4.78 is 5.78. The second-order valence-corrected chi connectivity index (χ2v) is 5.26. The highest BCUT2D eigenvalue weighted by Crippen LogP contribution is 2.18. The van der Waals surface area contributed by atoms with Crippen molar-refractivity contribution in [3.63, 3.8) is 0 Å². The summed E-state index contributed by atoms with van der Waals surface area (Å²) in [4.78, 5) is 11.0. The lowest BCUT2D eigenvalue weighted by atomic mass is 10.0. The van der Waals surface area contributed by atoms with Gasteiger partial charge in [-0.1, -0.05) is 42.5 Å². The lowest BCUT2D eigenvalue weighted by molar-refractivity contribution is -0.105. The zero-order valence-electron chi connectivity index (χ0n) is 13.6. The van der Waals surface area contributed by atoms with Crippen LogP contribution in [0.2, 0.25) is 0 Å². The van der Waals surface area contributed by atoms with Crippen molar-refractivity contribution >= 4 is 12.0 Å². The van der Waals surface area contributed by atoms with Crippen molar-refractivity contribution in [2.75, 3.05) is 13.6 Å². The number of allylic oxidation sites excluding steroid dienone is 1. The van der Waals surface area contributed by atoms with E-state index in [4.69, 9.17) is 15.9 Å². The van der Waals surface area contributed by atoms with Gasteiger partial charge in [0.15, 0.2) is 6.29 Å². The molecule has 2 rings (SSSR count). The van der Waals surface area contributed by atoms with Gasteiger partial charge in [-0.05, 0) is 24.7 Å². The van der Waals surface area contributed by atoms with Crippen molar-refractivity contribution < 1.29 is 9.53 Å². The first kappa shape index (κ1) is 17.4. The average Bonchev–Trinajstić information content (AvgIpc) is 2.64. The third kappa shape index (κ3) is 4.54. The molecule has 0 spiro atoms. The fourth-order valence-corrected chi connectivity index (χ4v) is 2.24. The highest BCUT2D eigenvalue weighted by atomic mass is 16.5. The predicted octanol–water partition coefficient (Wildman–Crippen LogP) is 2.26. The number of carbonyl (C=O) groups excluding carboxylic acids is 1. The number of hydrogen-bond acceptors (Lipinski definition) is 5. The Balaban J connectivity index is 2.17. The Kier molecular flexibility index (Phi) is 6.28. The first-order chi connectivity index (χ1) is 11.7. The first-order valence-corrected chi connectivity index (χ1v) is 7.60. The van der Waals surface area contributed by atoms with Gasteiger partial charge < -0.3 is 15.8 Å². The lowest BCUT2D eigenvalue weighted by Gasteiger charge is -2.12. The van der Waals surface area contributed by atoms with Gasteiger partial charge >= 0.3 is 0 Å². The summed E-state index contributed by atoms with van der Waals surface area (Å²) in [7, 11) is 1.74. The third-order valence-corrected chi connectivity index (χ3v) is 3.50. The van der Waals surface area contributed by atoms with E-state index in [2.05, 4.69) is 5.32 Å². The van der Waals surface area contributed by atoms with E-state index in [9.17, 15) is 4.79 Å². The number of hydrogen-bond donors (Lipinski definition) is 3. The Morgan fingerprint density at radius 3 is 2.62 bits per heavy atom. The van der Waals surface area contributed by atoms with E-state index in [0.29, 0.717) is 36.3 Å². The molecule has 0 atom stereocenters. The molecule has 0 saturated carbocycles. The van der Waals surface area contributed by atoms with Gasteiger partial charge in [0.2, 0.25) is 0 Å². The average molecular weight is 323 g/mol. The van der Waals surface area contributed by atoms with E-state index in [1.807, 2.05) is 42.5 Å². The van der Waals surface area contributed by atoms with Crippen LogP contribution >= 0.6 is 0 Å². The second-order valence-electron chi connectivity index (χ2n) is 5.26. The topological polar surface area (TPSA) is 88.2 Å². The summed E-state index contributed by atoms with van der Waals surface area (Å²) in [5.74, 6) is 0.662. The van der Waals surface area contributed by atoms with Gasteiger partial charge in [-0.15, -0.1) is 0 Å². The van der Waals surface area contributed by atoms with Crippen LogP contribution in [0.4, 0.5) is 0 Å². The van der Waals surface area contributed by atoms with Crippen LogP contribution in [-0.4, -0.2) is 25.6 Å². The van der Waals surface area contributed by atoms with Crippen molar-refractivity contribution in [1.29, 1.82) is 5.41 Å². The molecule has 5 nitrogen and oxygen atoms in total. The molecule has 0 aromatic heterocycles. The Hall–Kier alpha value is -2.92. The van der Waals surface area contributed by atoms with E-state index in [0.717, 1.165) is 5.56 Å². The van der Waals surface area contributed by atoms with Gasteiger partial charge in [0, 0.05) is 17.7 Å². The van der Waals surface area contributed by atoms with Gasteiger partial charge in [-0.3, -0.25) is 10.2 Å². The van der Waals surface area contributed by atoms with Gasteiger partial charge in [-0.2, -0.15) is 0 Å². The van der Waals surface area contributed by atoms with Gasteiger partial charge in [0.25, 0.3) is 0 Å². The minimum atomic E-state index is 0.0601. The van der Waals surface area contributed by atoms with Crippen molar-refractivity contribution in [2.24, 2.45) is 5.73 Å². The van der Waals surface area contributed by atoms with Crippen LogP contribution in [0.15, 0.2) is 65.9 Å². The molecule has 0 heterocycles. The molecule has 0 aliphatic carbocycles. The molecule has 0 aliphatic heterocycles. The van der Waals surface area contributed by atoms with E-state index in [-0.39, 0.29) is 11.4 Å². The van der Waals surface area contributed by atoms with Crippen molar-refractivity contribution in [2.45, 2.75) is 6.61 Å².